The van der Waals surface area contributed by atoms with E-state index in [-0.39, 0.29) is 5.91 Å². The Labute approximate surface area is 81.6 Å². The Balaban J connectivity index is 2.71. The van der Waals surface area contributed by atoms with Gasteiger partial charge in [-0.15, -0.1) is 0 Å². The van der Waals surface area contributed by atoms with Gasteiger partial charge in [-0.05, 0) is 24.6 Å². The molecule has 0 aliphatic heterocycles. The van der Waals surface area contributed by atoms with E-state index in [0.29, 0.717) is 11.1 Å². The largest absolute Gasteiger partial charge is 0.271 e. The van der Waals surface area contributed by atoms with Crippen molar-refractivity contribution in [2.24, 2.45) is 5.10 Å². The standard InChI is InChI=1S/C10H11FN2O/c1-2-12-13-10(14)9-5-3-8(7-11)4-6-9/h2-6H,7H2,1H3,(H,13,14)/i11-1. The summed E-state index contributed by atoms with van der Waals surface area (Å²) < 4.78 is 12.1. The second kappa shape index (κ2) is 5.11. The third kappa shape index (κ3) is 2.65. The summed E-state index contributed by atoms with van der Waals surface area (Å²) in [5, 5.41) is 3.59. The van der Waals surface area contributed by atoms with Crippen LogP contribution in [0.15, 0.2) is 29.4 Å². The molecule has 0 spiro atoms. The zero-order chi connectivity index (χ0) is 10.4. The van der Waals surface area contributed by atoms with Crippen molar-refractivity contribution < 1.29 is 9.18 Å². The van der Waals surface area contributed by atoms with Crippen LogP contribution in [0.3, 0.4) is 0 Å². The lowest BCUT2D eigenvalue weighted by molar-refractivity contribution is 0.0955. The van der Waals surface area contributed by atoms with Crippen LogP contribution in [-0.4, -0.2) is 12.1 Å². The van der Waals surface area contributed by atoms with Crippen LogP contribution in [0.25, 0.3) is 0 Å². The fourth-order valence-electron chi connectivity index (χ4n) is 0.933. The van der Waals surface area contributed by atoms with Crippen molar-refractivity contribution in [1.82, 2.24) is 5.43 Å². The average molecular weight is 193 g/mol. The van der Waals surface area contributed by atoms with Gasteiger partial charge < -0.3 is 0 Å². The maximum absolute atomic E-state index is 12.1. The van der Waals surface area contributed by atoms with Crippen molar-refractivity contribution in [1.29, 1.82) is 0 Å². The Kier molecular flexibility index (Phi) is 3.79. The fraction of sp³-hybridized carbons (Fsp3) is 0.200. The predicted octanol–water partition coefficient (Wildman–Crippen LogP) is 1.89. The third-order valence-corrected chi connectivity index (χ3v) is 1.67. The third-order valence-electron chi connectivity index (χ3n) is 1.67. The number of carbonyl (C=O) groups is 1. The van der Waals surface area contributed by atoms with E-state index in [0.717, 1.165) is 0 Å². The molecule has 14 heavy (non-hydrogen) atoms. The maximum Gasteiger partial charge on any atom is 0.271 e. The highest BCUT2D eigenvalue weighted by Crippen LogP contribution is 2.05. The summed E-state index contributed by atoms with van der Waals surface area (Å²) in [6.07, 6.45) is 1.48. The van der Waals surface area contributed by atoms with Crippen molar-refractivity contribution in [3.05, 3.63) is 35.4 Å². The molecule has 0 radical (unpaired) electrons. The molecule has 0 fully saturated rings. The summed E-state index contributed by atoms with van der Waals surface area (Å²) in [7, 11) is 0. The number of nitrogens with one attached hydrogen (secondary N) is 1. The topological polar surface area (TPSA) is 41.5 Å². The Hall–Kier alpha value is -1.71. The molecule has 0 bridgehead atoms. The van der Waals surface area contributed by atoms with Gasteiger partial charge in [-0.3, -0.25) is 4.79 Å². The van der Waals surface area contributed by atoms with E-state index in [1.807, 2.05) is 0 Å². The van der Waals surface area contributed by atoms with Gasteiger partial charge in [0.1, 0.15) is 6.67 Å². The minimum atomic E-state index is -0.519. The van der Waals surface area contributed by atoms with Crippen LogP contribution in [0, 0.1) is 0 Å². The second-order valence-corrected chi connectivity index (χ2v) is 2.66. The van der Waals surface area contributed by atoms with Crippen LogP contribution in [-0.2, 0) is 6.67 Å². The minimum Gasteiger partial charge on any atom is -0.267 e. The van der Waals surface area contributed by atoms with E-state index in [1.54, 1.807) is 31.2 Å². The molecule has 1 aromatic carbocycles. The van der Waals surface area contributed by atoms with Crippen LogP contribution in [0.4, 0.5) is 4.39 Å². The lowest BCUT2D eigenvalue weighted by Crippen LogP contribution is -2.17. The number of hydrogen-bond acceptors (Lipinski definition) is 2. The molecule has 0 saturated heterocycles. The van der Waals surface area contributed by atoms with Gasteiger partial charge in [0.2, 0.25) is 0 Å². The first-order valence-electron chi connectivity index (χ1n) is 4.21. The first-order valence-corrected chi connectivity index (χ1v) is 4.21. The van der Waals surface area contributed by atoms with Gasteiger partial charge in [0.25, 0.3) is 5.91 Å². The quantitative estimate of drug-likeness (QED) is 0.578. The predicted molar refractivity (Wildman–Crippen MR) is 52.9 cm³/mol. The number of alkyl halides is 1. The molecule has 74 valence electrons. The van der Waals surface area contributed by atoms with E-state index in [2.05, 4.69) is 10.5 Å². The number of rotatable bonds is 3. The van der Waals surface area contributed by atoms with Crippen LogP contribution in [0.1, 0.15) is 22.8 Å². The summed E-state index contributed by atoms with van der Waals surface area (Å²) in [5.74, 6) is -0.298. The van der Waals surface area contributed by atoms with Gasteiger partial charge in [0, 0.05) is 11.8 Å². The summed E-state index contributed by atoms with van der Waals surface area (Å²) in [6.45, 7) is 1.18. The van der Waals surface area contributed by atoms with Crippen molar-refractivity contribution in [3.63, 3.8) is 0 Å². The van der Waals surface area contributed by atoms with Crippen molar-refractivity contribution in [3.8, 4) is 0 Å². The van der Waals surface area contributed by atoms with Crippen LogP contribution >= 0.6 is 0 Å². The number of benzene rings is 1. The van der Waals surface area contributed by atoms with Gasteiger partial charge in [-0.2, -0.15) is 5.10 Å². The Bertz CT molecular complexity index is 332. The fourth-order valence-corrected chi connectivity index (χ4v) is 0.933. The van der Waals surface area contributed by atoms with E-state index in [4.69, 9.17) is 0 Å². The van der Waals surface area contributed by atoms with Crippen LogP contribution in [0.2, 0.25) is 0 Å². The molecule has 1 amide bonds. The Morgan fingerprint density at radius 3 is 2.64 bits per heavy atom. The SMILES string of the molecule is CC=NNC(=O)c1ccc(C[18F])cc1. The molecule has 0 aliphatic rings. The highest BCUT2D eigenvalue weighted by Gasteiger charge is 2.02. The molecule has 0 aliphatic carbocycles. The molecule has 1 aromatic rings. The van der Waals surface area contributed by atoms with Crippen LogP contribution in [0.5, 0.6) is 0 Å². The van der Waals surface area contributed by atoms with Crippen molar-refractivity contribution in [2.75, 3.05) is 0 Å². The first-order chi connectivity index (χ1) is 6.77. The zero-order valence-electron chi connectivity index (χ0n) is 7.83. The molecule has 1 N–H and O–H groups in total. The normalized spacial score (nSPS) is 10.4. The summed E-state index contributed by atoms with van der Waals surface area (Å²) in [6, 6.07) is 6.28. The van der Waals surface area contributed by atoms with Gasteiger partial charge in [0.15, 0.2) is 0 Å². The monoisotopic (exact) mass is 193 g/mol. The molecule has 0 unspecified atom stereocenters. The molecule has 4 heteroatoms. The van der Waals surface area contributed by atoms with Crippen LogP contribution < -0.4 is 5.43 Å². The number of amides is 1. The van der Waals surface area contributed by atoms with E-state index >= 15 is 0 Å². The number of halogens is 1. The second-order valence-electron chi connectivity index (χ2n) is 2.66. The molecular weight excluding hydrogens is 182 g/mol. The molecule has 1 rings (SSSR count). The molecule has 0 heterocycles. The highest BCUT2D eigenvalue weighted by atomic mass is 18.2. The maximum atomic E-state index is 12.1. The van der Waals surface area contributed by atoms with E-state index in [1.165, 1.54) is 6.21 Å². The first kappa shape index (κ1) is 10.4. The number of hydrogen-bond donors (Lipinski definition) is 1. The lowest BCUT2D eigenvalue weighted by atomic mass is 10.1. The Morgan fingerprint density at radius 1 is 1.50 bits per heavy atom. The summed E-state index contributed by atoms with van der Waals surface area (Å²) >= 11 is 0. The molecular formula is C10H11FN2O. The molecule has 3 nitrogen and oxygen atoms in total. The van der Waals surface area contributed by atoms with Gasteiger partial charge in [-0.25, -0.2) is 9.82 Å². The molecule has 0 atom stereocenters. The van der Waals surface area contributed by atoms with Crippen molar-refractivity contribution in [2.45, 2.75) is 13.6 Å². The van der Waals surface area contributed by atoms with E-state index in [9.17, 15) is 9.18 Å². The average Bonchev–Trinajstić information content (AvgIpc) is 2.26. The smallest absolute Gasteiger partial charge is 0.267 e. The van der Waals surface area contributed by atoms with E-state index < -0.39 is 6.67 Å². The lowest BCUT2D eigenvalue weighted by Gasteiger charge is -1.99. The highest BCUT2D eigenvalue weighted by molar-refractivity contribution is 5.94. The van der Waals surface area contributed by atoms with Gasteiger partial charge in [-0.1, -0.05) is 12.1 Å². The van der Waals surface area contributed by atoms with Gasteiger partial charge >= 0.3 is 0 Å². The Morgan fingerprint density at radius 2 is 2.14 bits per heavy atom. The van der Waals surface area contributed by atoms with Crippen molar-refractivity contribution >= 4 is 12.1 Å². The zero-order valence-corrected chi connectivity index (χ0v) is 7.83. The number of carbonyl (C=O) groups excluding carboxylic acids is 1. The van der Waals surface area contributed by atoms with Gasteiger partial charge in [0.05, 0.1) is 0 Å². The summed E-state index contributed by atoms with van der Waals surface area (Å²) in [4.78, 5) is 11.3. The molecule has 0 saturated carbocycles. The molecule has 0 aromatic heterocycles. The summed E-state index contributed by atoms with van der Waals surface area (Å²) in [5.41, 5.74) is 3.34. The minimum absolute atomic E-state index is 0.298. The number of nitrogens with zero attached hydrogens (tertiary/aromatic N) is 1. The number of hydrazone groups is 1.